The first kappa shape index (κ1) is 17.5. The molecule has 0 aliphatic rings. The van der Waals surface area contributed by atoms with Crippen molar-refractivity contribution in [1.82, 2.24) is 9.88 Å². The second-order valence-corrected chi connectivity index (χ2v) is 6.41. The Balaban J connectivity index is 2.29. The first-order valence-electron chi connectivity index (χ1n) is 7.47. The minimum atomic E-state index is -1.35. The van der Waals surface area contributed by atoms with Gasteiger partial charge in [-0.15, -0.1) is 0 Å². The molecule has 7 nitrogen and oxygen atoms in total. The number of carboxylic acids is 1. The number of hydrogen-bond donors (Lipinski definition) is 2. The van der Waals surface area contributed by atoms with Crippen LogP contribution in [0.3, 0.4) is 0 Å². The van der Waals surface area contributed by atoms with Crippen LogP contribution in [0.1, 0.15) is 26.3 Å². The Morgan fingerprint density at radius 2 is 2.00 bits per heavy atom. The molecule has 24 heavy (non-hydrogen) atoms. The monoisotopic (exact) mass is 332 g/mol. The largest absolute Gasteiger partial charge is 0.480 e. The average Bonchev–Trinajstić information content (AvgIpc) is 2.88. The van der Waals surface area contributed by atoms with Crippen LogP contribution in [-0.2, 0) is 20.7 Å². The maximum Gasteiger partial charge on any atom is 0.417 e. The number of aromatic amines is 1. The SMILES string of the molecule is CC(C)(C)OC(=O)N(C=O)[C@H](Cc1c[nH]c2ccccc12)C(=O)O. The Kier molecular flexibility index (Phi) is 4.92. The molecule has 2 aromatic rings. The lowest BCUT2D eigenvalue weighted by Crippen LogP contribution is -2.47. The maximum absolute atomic E-state index is 12.1. The highest BCUT2D eigenvalue weighted by atomic mass is 16.6. The molecule has 0 aliphatic heterocycles. The lowest BCUT2D eigenvalue weighted by molar-refractivity contribution is -0.145. The zero-order valence-corrected chi connectivity index (χ0v) is 13.8. The van der Waals surface area contributed by atoms with Crippen molar-refractivity contribution in [3.63, 3.8) is 0 Å². The van der Waals surface area contributed by atoms with Gasteiger partial charge in [-0.1, -0.05) is 18.2 Å². The third kappa shape index (κ3) is 3.92. The number of aromatic nitrogens is 1. The van der Waals surface area contributed by atoms with Gasteiger partial charge in [-0.05, 0) is 32.4 Å². The number of rotatable bonds is 5. The summed E-state index contributed by atoms with van der Waals surface area (Å²) in [5.74, 6) is -1.28. The fourth-order valence-electron chi connectivity index (χ4n) is 2.37. The normalized spacial score (nSPS) is 12.6. The quantitative estimate of drug-likeness (QED) is 0.820. The minimum absolute atomic E-state index is 0.0165. The third-order valence-corrected chi connectivity index (χ3v) is 3.43. The Morgan fingerprint density at radius 3 is 2.58 bits per heavy atom. The van der Waals surface area contributed by atoms with Gasteiger partial charge in [0.05, 0.1) is 0 Å². The van der Waals surface area contributed by atoms with E-state index in [4.69, 9.17) is 4.74 Å². The molecule has 0 radical (unpaired) electrons. The van der Waals surface area contributed by atoms with E-state index in [1.165, 1.54) is 0 Å². The second kappa shape index (κ2) is 6.74. The molecule has 0 saturated heterocycles. The summed E-state index contributed by atoms with van der Waals surface area (Å²) < 4.78 is 5.11. The van der Waals surface area contributed by atoms with Crippen molar-refractivity contribution in [3.8, 4) is 0 Å². The molecule has 2 N–H and O–H groups in total. The van der Waals surface area contributed by atoms with Crippen molar-refractivity contribution in [1.29, 1.82) is 0 Å². The van der Waals surface area contributed by atoms with Gasteiger partial charge < -0.3 is 14.8 Å². The van der Waals surface area contributed by atoms with E-state index in [2.05, 4.69) is 4.98 Å². The molecule has 1 heterocycles. The number of benzene rings is 1. The molecule has 0 aliphatic carbocycles. The summed E-state index contributed by atoms with van der Waals surface area (Å²) in [6.07, 6.45) is 0.877. The predicted molar refractivity (Wildman–Crippen MR) is 87.6 cm³/mol. The van der Waals surface area contributed by atoms with Gasteiger partial charge in [0.25, 0.3) is 0 Å². The van der Waals surface area contributed by atoms with Crippen LogP contribution in [0.4, 0.5) is 4.79 Å². The van der Waals surface area contributed by atoms with Gasteiger partial charge >= 0.3 is 12.1 Å². The number of aliphatic carboxylic acids is 1. The molecule has 0 fully saturated rings. The number of para-hydroxylation sites is 1. The Bertz CT molecular complexity index is 760. The standard InChI is InChI=1S/C17H20N2O5/c1-17(2,3)24-16(23)19(10-20)14(15(21)22)8-11-9-18-13-7-5-4-6-12(11)13/h4-7,9-10,14,18H,8H2,1-3H3,(H,21,22)/t14-/m1/s1. The van der Waals surface area contributed by atoms with E-state index >= 15 is 0 Å². The van der Waals surface area contributed by atoms with Crippen LogP contribution in [0.2, 0.25) is 0 Å². The number of hydrogen-bond acceptors (Lipinski definition) is 4. The van der Waals surface area contributed by atoms with E-state index < -0.39 is 23.7 Å². The number of carbonyl (C=O) groups is 3. The number of nitrogens with one attached hydrogen (secondary N) is 1. The van der Waals surface area contributed by atoms with Gasteiger partial charge in [0.2, 0.25) is 6.41 Å². The van der Waals surface area contributed by atoms with Crippen LogP contribution in [0.15, 0.2) is 30.5 Å². The molecule has 2 amide bonds. The summed E-state index contributed by atoms with van der Waals surface area (Å²) in [5, 5.41) is 10.3. The molecular formula is C17H20N2O5. The van der Waals surface area contributed by atoms with Gasteiger partial charge in [0.15, 0.2) is 0 Å². The zero-order chi connectivity index (χ0) is 17.9. The fourth-order valence-corrected chi connectivity index (χ4v) is 2.37. The fraction of sp³-hybridized carbons (Fsp3) is 0.353. The van der Waals surface area contributed by atoms with Gasteiger partial charge in [0.1, 0.15) is 11.6 Å². The average molecular weight is 332 g/mol. The van der Waals surface area contributed by atoms with Crippen LogP contribution in [-0.4, -0.2) is 45.1 Å². The van der Waals surface area contributed by atoms with E-state index in [-0.39, 0.29) is 12.8 Å². The van der Waals surface area contributed by atoms with Gasteiger partial charge in [-0.25, -0.2) is 14.5 Å². The van der Waals surface area contributed by atoms with E-state index in [0.717, 1.165) is 10.9 Å². The summed E-state index contributed by atoms with van der Waals surface area (Å²) in [7, 11) is 0. The van der Waals surface area contributed by atoms with Crippen LogP contribution >= 0.6 is 0 Å². The Labute approximate surface area is 139 Å². The number of imide groups is 1. The van der Waals surface area contributed by atoms with Crippen molar-refractivity contribution in [3.05, 3.63) is 36.0 Å². The van der Waals surface area contributed by atoms with Crippen molar-refractivity contribution < 1.29 is 24.2 Å². The molecular weight excluding hydrogens is 312 g/mol. The maximum atomic E-state index is 12.1. The van der Waals surface area contributed by atoms with E-state index in [1.54, 1.807) is 27.0 Å². The Morgan fingerprint density at radius 1 is 1.33 bits per heavy atom. The van der Waals surface area contributed by atoms with Crippen LogP contribution in [0.25, 0.3) is 10.9 Å². The highest BCUT2D eigenvalue weighted by molar-refractivity contribution is 5.89. The molecule has 0 bridgehead atoms. The first-order valence-corrected chi connectivity index (χ1v) is 7.47. The summed E-state index contributed by atoms with van der Waals surface area (Å²) in [6.45, 7) is 4.93. The Hall–Kier alpha value is -2.83. The number of ether oxygens (including phenoxy) is 1. The van der Waals surface area contributed by atoms with Crippen molar-refractivity contribution in [2.24, 2.45) is 0 Å². The summed E-state index contributed by atoms with van der Waals surface area (Å²) in [4.78, 5) is 38.7. The van der Waals surface area contributed by atoms with Crippen LogP contribution < -0.4 is 0 Å². The number of carboxylic acid groups (broad SMARTS) is 1. The molecule has 7 heteroatoms. The molecule has 1 aromatic carbocycles. The number of fused-ring (bicyclic) bond motifs is 1. The molecule has 128 valence electrons. The second-order valence-electron chi connectivity index (χ2n) is 6.41. The van der Waals surface area contributed by atoms with Gasteiger partial charge in [-0.2, -0.15) is 0 Å². The minimum Gasteiger partial charge on any atom is -0.480 e. The lowest BCUT2D eigenvalue weighted by Gasteiger charge is -2.27. The van der Waals surface area contributed by atoms with Gasteiger partial charge in [-0.3, -0.25) is 4.79 Å². The molecule has 0 saturated carbocycles. The van der Waals surface area contributed by atoms with Crippen molar-refractivity contribution >= 4 is 29.4 Å². The number of amides is 2. The van der Waals surface area contributed by atoms with E-state index in [1.807, 2.05) is 24.3 Å². The smallest absolute Gasteiger partial charge is 0.417 e. The van der Waals surface area contributed by atoms with E-state index in [0.29, 0.717) is 10.5 Å². The van der Waals surface area contributed by atoms with Crippen molar-refractivity contribution in [2.45, 2.75) is 38.8 Å². The highest BCUT2D eigenvalue weighted by Crippen LogP contribution is 2.21. The molecule has 1 atom stereocenters. The van der Waals surface area contributed by atoms with Crippen LogP contribution in [0.5, 0.6) is 0 Å². The highest BCUT2D eigenvalue weighted by Gasteiger charge is 2.33. The van der Waals surface area contributed by atoms with Crippen LogP contribution in [0, 0.1) is 0 Å². The predicted octanol–water partition coefficient (Wildman–Crippen LogP) is 2.56. The lowest BCUT2D eigenvalue weighted by atomic mass is 10.0. The third-order valence-electron chi connectivity index (χ3n) is 3.43. The number of nitrogens with zero attached hydrogens (tertiary/aromatic N) is 1. The first-order chi connectivity index (χ1) is 11.2. The van der Waals surface area contributed by atoms with Gasteiger partial charge in [0, 0.05) is 23.5 Å². The molecule has 0 spiro atoms. The summed E-state index contributed by atoms with van der Waals surface area (Å²) >= 11 is 0. The number of carbonyl (C=O) groups excluding carboxylic acids is 2. The van der Waals surface area contributed by atoms with E-state index in [9.17, 15) is 19.5 Å². The number of H-pyrrole nitrogens is 1. The zero-order valence-electron chi connectivity index (χ0n) is 13.8. The molecule has 0 unspecified atom stereocenters. The van der Waals surface area contributed by atoms with Crippen molar-refractivity contribution in [2.75, 3.05) is 0 Å². The topological polar surface area (TPSA) is 99.7 Å². The summed E-state index contributed by atoms with van der Waals surface area (Å²) in [6, 6.07) is 6.05. The molecule has 2 rings (SSSR count). The summed E-state index contributed by atoms with van der Waals surface area (Å²) in [5.41, 5.74) is 0.724. The molecule has 1 aromatic heterocycles.